The first-order chi connectivity index (χ1) is 8.66. The summed E-state index contributed by atoms with van der Waals surface area (Å²) in [4.78, 5) is 0.542. The number of benzene rings is 1. The quantitative estimate of drug-likeness (QED) is 0.467. The van der Waals surface area contributed by atoms with Gasteiger partial charge in [-0.2, -0.15) is 0 Å². The van der Waals surface area contributed by atoms with Crippen molar-refractivity contribution in [3.8, 4) is 0 Å². The molecule has 1 saturated carbocycles. The Bertz CT molecular complexity index is 375. The fourth-order valence-corrected chi connectivity index (χ4v) is 3.80. The fourth-order valence-electron chi connectivity index (χ4n) is 2.99. The fraction of sp³-hybridized carbons (Fsp3) is 0.647. The molecule has 0 aromatic heterocycles. The molecule has 0 heterocycles. The van der Waals surface area contributed by atoms with Crippen molar-refractivity contribution in [1.82, 2.24) is 0 Å². The maximum atomic E-state index is 3.91. The summed E-state index contributed by atoms with van der Waals surface area (Å²) in [6.07, 6.45) is 9.97. The van der Waals surface area contributed by atoms with Crippen LogP contribution in [0.25, 0.3) is 0 Å². The molecule has 1 aliphatic rings. The minimum atomic E-state index is 0.542. The van der Waals surface area contributed by atoms with Crippen LogP contribution in [0.3, 0.4) is 0 Å². The Balaban J connectivity index is 1.97. The molecule has 1 aliphatic carbocycles. The first kappa shape index (κ1) is 14.1. The Morgan fingerprint density at radius 3 is 2.33 bits per heavy atom. The van der Waals surface area contributed by atoms with E-state index in [9.17, 15) is 0 Å². The van der Waals surface area contributed by atoms with E-state index in [1.807, 2.05) is 0 Å². The maximum absolute atomic E-state index is 3.91. The second-order valence-corrected chi connectivity index (χ2v) is 7.01. The average molecular weight is 309 g/mol. The molecule has 1 heteroatoms. The largest absolute Gasteiger partial charge is 0.0839 e. The highest BCUT2D eigenvalue weighted by molar-refractivity contribution is 9.09. The van der Waals surface area contributed by atoms with Crippen molar-refractivity contribution in [1.29, 1.82) is 0 Å². The predicted octanol–water partition coefficient (Wildman–Crippen LogP) is 6.10. The minimum Gasteiger partial charge on any atom is -0.0839 e. The molecule has 0 spiro atoms. The highest BCUT2D eigenvalue weighted by Crippen LogP contribution is 2.36. The number of rotatable bonds is 3. The molecule has 1 unspecified atom stereocenters. The van der Waals surface area contributed by atoms with E-state index in [0.29, 0.717) is 4.83 Å². The van der Waals surface area contributed by atoms with Crippen LogP contribution in [0.1, 0.15) is 66.5 Å². The summed E-state index contributed by atoms with van der Waals surface area (Å²) in [6.45, 7) is 4.40. The summed E-state index contributed by atoms with van der Waals surface area (Å²) in [7, 11) is 0. The Hall–Kier alpha value is -0.300. The van der Waals surface area contributed by atoms with Crippen molar-refractivity contribution >= 4 is 15.9 Å². The summed E-state index contributed by atoms with van der Waals surface area (Å²) in [5, 5.41) is 0. The van der Waals surface area contributed by atoms with Crippen molar-refractivity contribution in [2.75, 3.05) is 0 Å². The molecular weight excluding hydrogens is 284 g/mol. The first-order valence-electron chi connectivity index (χ1n) is 7.38. The van der Waals surface area contributed by atoms with Crippen LogP contribution in [0.4, 0.5) is 0 Å². The third-order valence-electron chi connectivity index (χ3n) is 4.41. The summed E-state index contributed by atoms with van der Waals surface area (Å²) < 4.78 is 0. The number of hydrogen-bond acceptors (Lipinski definition) is 0. The van der Waals surface area contributed by atoms with E-state index in [4.69, 9.17) is 0 Å². The molecule has 0 bridgehead atoms. The van der Waals surface area contributed by atoms with Crippen LogP contribution in [0.5, 0.6) is 0 Å². The van der Waals surface area contributed by atoms with E-state index in [1.165, 1.54) is 61.6 Å². The van der Waals surface area contributed by atoms with Crippen molar-refractivity contribution in [3.05, 3.63) is 34.9 Å². The normalized spacial score (nSPS) is 19.5. The van der Waals surface area contributed by atoms with E-state index in [2.05, 4.69) is 48.0 Å². The first-order valence-corrected chi connectivity index (χ1v) is 8.29. The van der Waals surface area contributed by atoms with Gasteiger partial charge in [0.25, 0.3) is 0 Å². The van der Waals surface area contributed by atoms with Crippen LogP contribution in [0.15, 0.2) is 18.2 Å². The standard InChI is InChI=1S/C17H25Br/c1-13-9-10-16(11-14(13)2)17(18)12-15-7-5-3-4-6-8-15/h9-11,15,17H,3-8,12H2,1-2H3. The van der Waals surface area contributed by atoms with E-state index in [0.717, 1.165) is 5.92 Å². The molecule has 0 saturated heterocycles. The zero-order valence-electron chi connectivity index (χ0n) is 11.7. The van der Waals surface area contributed by atoms with Crippen LogP contribution in [0, 0.1) is 19.8 Å². The van der Waals surface area contributed by atoms with E-state index in [1.54, 1.807) is 0 Å². The van der Waals surface area contributed by atoms with Crippen molar-refractivity contribution in [2.45, 2.75) is 63.6 Å². The van der Waals surface area contributed by atoms with Gasteiger partial charge >= 0.3 is 0 Å². The number of alkyl halides is 1. The lowest BCUT2D eigenvalue weighted by Gasteiger charge is -2.19. The summed E-state index contributed by atoms with van der Waals surface area (Å²) in [5.74, 6) is 0.929. The van der Waals surface area contributed by atoms with Crippen LogP contribution >= 0.6 is 15.9 Å². The highest BCUT2D eigenvalue weighted by Gasteiger charge is 2.17. The monoisotopic (exact) mass is 308 g/mol. The van der Waals surface area contributed by atoms with Crippen molar-refractivity contribution in [3.63, 3.8) is 0 Å². The smallest absolute Gasteiger partial charge is 0.0398 e. The lowest BCUT2D eigenvalue weighted by atomic mass is 9.92. The Kier molecular flexibility index (Phi) is 5.29. The maximum Gasteiger partial charge on any atom is 0.0398 e. The Morgan fingerprint density at radius 1 is 1.06 bits per heavy atom. The molecule has 0 radical (unpaired) electrons. The zero-order chi connectivity index (χ0) is 13.0. The van der Waals surface area contributed by atoms with Gasteiger partial charge in [0.15, 0.2) is 0 Å². The SMILES string of the molecule is Cc1ccc(C(Br)CC2CCCCCC2)cc1C. The van der Waals surface area contributed by atoms with E-state index in [-0.39, 0.29) is 0 Å². The summed E-state index contributed by atoms with van der Waals surface area (Å²) in [5.41, 5.74) is 4.27. The molecule has 0 amide bonds. The highest BCUT2D eigenvalue weighted by atomic mass is 79.9. The van der Waals surface area contributed by atoms with Gasteiger partial charge in [-0.1, -0.05) is 72.7 Å². The molecule has 0 aliphatic heterocycles. The van der Waals surface area contributed by atoms with Gasteiger partial charge in [0.1, 0.15) is 0 Å². The Labute approximate surface area is 120 Å². The van der Waals surface area contributed by atoms with Gasteiger partial charge in [0, 0.05) is 4.83 Å². The third-order valence-corrected chi connectivity index (χ3v) is 5.31. The number of aryl methyl sites for hydroxylation is 2. The summed E-state index contributed by atoms with van der Waals surface area (Å²) in [6, 6.07) is 6.90. The van der Waals surface area contributed by atoms with Crippen LogP contribution < -0.4 is 0 Å². The van der Waals surface area contributed by atoms with Gasteiger partial charge in [-0.25, -0.2) is 0 Å². The molecule has 100 valence electrons. The van der Waals surface area contributed by atoms with Gasteiger partial charge < -0.3 is 0 Å². The van der Waals surface area contributed by atoms with Crippen LogP contribution in [-0.2, 0) is 0 Å². The van der Waals surface area contributed by atoms with E-state index < -0.39 is 0 Å². The van der Waals surface area contributed by atoms with Crippen LogP contribution in [-0.4, -0.2) is 0 Å². The average Bonchev–Trinajstić information content (AvgIpc) is 2.61. The zero-order valence-corrected chi connectivity index (χ0v) is 13.3. The summed E-state index contributed by atoms with van der Waals surface area (Å²) >= 11 is 3.91. The van der Waals surface area contributed by atoms with Gasteiger partial charge in [-0.3, -0.25) is 0 Å². The molecule has 1 atom stereocenters. The number of hydrogen-bond donors (Lipinski definition) is 0. The topological polar surface area (TPSA) is 0 Å². The molecular formula is C17H25Br. The van der Waals surface area contributed by atoms with Gasteiger partial charge in [-0.05, 0) is 42.9 Å². The van der Waals surface area contributed by atoms with Crippen molar-refractivity contribution < 1.29 is 0 Å². The molecule has 2 rings (SSSR count). The molecule has 1 aromatic rings. The second kappa shape index (κ2) is 6.75. The Morgan fingerprint density at radius 2 is 1.72 bits per heavy atom. The molecule has 0 nitrogen and oxygen atoms in total. The third kappa shape index (κ3) is 3.85. The van der Waals surface area contributed by atoms with Gasteiger partial charge in [0.05, 0.1) is 0 Å². The predicted molar refractivity (Wildman–Crippen MR) is 83.4 cm³/mol. The van der Waals surface area contributed by atoms with Gasteiger partial charge in [-0.15, -0.1) is 0 Å². The lowest BCUT2D eigenvalue weighted by molar-refractivity contribution is 0.427. The lowest BCUT2D eigenvalue weighted by Crippen LogP contribution is -2.03. The van der Waals surface area contributed by atoms with E-state index >= 15 is 0 Å². The van der Waals surface area contributed by atoms with Crippen molar-refractivity contribution in [2.24, 2.45) is 5.92 Å². The van der Waals surface area contributed by atoms with Crippen LogP contribution in [0.2, 0.25) is 0 Å². The molecule has 1 aromatic carbocycles. The second-order valence-electron chi connectivity index (χ2n) is 5.90. The molecule has 18 heavy (non-hydrogen) atoms. The number of halogens is 1. The molecule has 0 N–H and O–H groups in total. The molecule has 1 fully saturated rings. The van der Waals surface area contributed by atoms with Gasteiger partial charge in [0.2, 0.25) is 0 Å². The minimum absolute atomic E-state index is 0.542.